The Bertz CT molecular complexity index is 838. The van der Waals surface area contributed by atoms with E-state index >= 15 is 0 Å². The number of nitrogens with one attached hydrogen (secondary N) is 1. The van der Waals surface area contributed by atoms with Crippen LogP contribution in [0.4, 0.5) is 0 Å². The molecule has 5 rings (SSSR count). The number of benzene rings is 1. The fourth-order valence-corrected chi connectivity index (χ4v) is 5.08. The maximum Gasteiger partial charge on any atom is 0.116 e. The van der Waals surface area contributed by atoms with E-state index in [9.17, 15) is 0 Å². The van der Waals surface area contributed by atoms with E-state index in [1.54, 1.807) is 0 Å². The number of nitrogens with zero attached hydrogens (tertiary/aromatic N) is 2. The van der Waals surface area contributed by atoms with Crippen LogP contribution in [0.25, 0.3) is 16.6 Å². The Morgan fingerprint density at radius 1 is 1.15 bits per heavy atom. The van der Waals surface area contributed by atoms with Crippen molar-refractivity contribution < 1.29 is 4.84 Å². The molecule has 1 spiro atoms. The van der Waals surface area contributed by atoms with Gasteiger partial charge in [-0.1, -0.05) is 45.1 Å². The fraction of sp³-hybridized carbons (Fsp3) is 0.591. The molecular formula is C22H29N3O. The summed E-state index contributed by atoms with van der Waals surface area (Å²) in [6, 6.07) is 7.40. The Kier molecular flexibility index (Phi) is 4.04. The summed E-state index contributed by atoms with van der Waals surface area (Å²) >= 11 is 0. The van der Waals surface area contributed by atoms with Gasteiger partial charge >= 0.3 is 0 Å². The van der Waals surface area contributed by atoms with E-state index in [1.165, 1.54) is 67.1 Å². The number of hydroxylamine groups is 1. The minimum atomic E-state index is -0.0792. The molecule has 2 saturated carbocycles. The second kappa shape index (κ2) is 6.41. The Balaban J connectivity index is 1.53. The Morgan fingerprint density at radius 3 is 2.73 bits per heavy atom. The molecular weight excluding hydrogens is 322 g/mol. The molecule has 1 aromatic heterocycles. The van der Waals surface area contributed by atoms with Crippen molar-refractivity contribution in [2.75, 3.05) is 0 Å². The number of hydrogen-bond acceptors (Lipinski definition) is 3. The maximum atomic E-state index is 6.04. The predicted octanol–water partition coefficient (Wildman–Crippen LogP) is 5.29. The number of aryl methyl sites for hydroxylation is 1. The van der Waals surface area contributed by atoms with Gasteiger partial charge in [-0.15, -0.1) is 0 Å². The summed E-state index contributed by atoms with van der Waals surface area (Å²) in [4.78, 5) is 6.04. The van der Waals surface area contributed by atoms with Crippen LogP contribution in [0.5, 0.6) is 0 Å². The molecule has 2 fully saturated rings. The fourth-order valence-electron chi connectivity index (χ4n) is 5.08. The van der Waals surface area contributed by atoms with Crippen LogP contribution in [0.15, 0.2) is 24.3 Å². The van der Waals surface area contributed by atoms with Gasteiger partial charge in [0, 0.05) is 10.9 Å². The zero-order valence-electron chi connectivity index (χ0n) is 15.8. The zero-order valence-corrected chi connectivity index (χ0v) is 15.8. The standard InChI is InChI=1S/C22H29N3O/c1-2-19-18-14-16(20-15-22(26-24-20)12-6-3-7-13-22)10-11-21(18)25(23-19)17-8-4-5-9-17/h10-11,14-15,17,24H,2-9,12-13H2,1H3. The highest BCUT2D eigenvalue weighted by Gasteiger charge is 2.36. The van der Waals surface area contributed by atoms with Gasteiger partial charge in [0.1, 0.15) is 5.60 Å². The van der Waals surface area contributed by atoms with Crippen LogP contribution in [-0.2, 0) is 11.3 Å². The molecule has 2 heterocycles. The number of rotatable bonds is 3. The highest BCUT2D eigenvalue weighted by molar-refractivity contribution is 5.86. The molecule has 1 aliphatic heterocycles. The van der Waals surface area contributed by atoms with Crippen molar-refractivity contribution in [1.29, 1.82) is 0 Å². The molecule has 0 atom stereocenters. The second-order valence-electron chi connectivity index (χ2n) is 8.30. The van der Waals surface area contributed by atoms with Crippen molar-refractivity contribution in [3.8, 4) is 0 Å². The van der Waals surface area contributed by atoms with Crippen molar-refractivity contribution in [3.63, 3.8) is 0 Å². The van der Waals surface area contributed by atoms with Gasteiger partial charge in [-0.05, 0) is 50.3 Å². The molecule has 1 N–H and O–H groups in total. The highest BCUT2D eigenvalue weighted by Crippen LogP contribution is 2.39. The molecule has 0 bridgehead atoms. The molecule has 4 nitrogen and oxygen atoms in total. The molecule has 0 saturated heterocycles. The van der Waals surface area contributed by atoms with Gasteiger partial charge < -0.3 is 0 Å². The summed E-state index contributed by atoms with van der Waals surface area (Å²) in [7, 11) is 0. The van der Waals surface area contributed by atoms with Crippen molar-refractivity contribution in [3.05, 3.63) is 35.5 Å². The van der Waals surface area contributed by atoms with Gasteiger partial charge in [0.25, 0.3) is 0 Å². The van der Waals surface area contributed by atoms with Gasteiger partial charge in [-0.3, -0.25) is 15.0 Å². The van der Waals surface area contributed by atoms with Crippen LogP contribution in [0.2, 0.25) is 0 Å². The van der Waals surface area contributed by atoms with Crippen LogP contribution in [0.1, 0.15) is 82.0 Å². The van der Waals surface area contributed by atoms with Crippen LogP contribution in [0.3, 0.4) is 0 Å². The van der Waals surface area contributed by atoms with E-state index in [-0.39, 0.29) is 5.60 Å². The minimum absolute atomic E-state index is 0.0792. The van der Waals surface area contributed by atoms with E-state index < -0.39 is 0 Å². The summed E-state index contributed by atoms with van der Waals surface area (Å²) < 4.78 is 2.31. The van der Waals surface area contributed by atoms with Crippen LogP contribution >= 0.6 is 0 Å². The first-order valence-electron chi connectivity index (χ1n) is 10.5. The van der Waals surface area contributed by atoms with Gasteiger partial charge in [0.05, 0.1) is 22.9 Å². The molecule has 2 aromatic rings. The van der Waals surface area contributed by atoms with Crippen LogP contribution < -0.4 is 5.48 Å². The highest BCUT2D eigenvalue weighted by atomic mass is 16.7. The predicted molar refractivity (Wildman–Crippen MR) is 105 cm³/mol. The molecule has 4 heteroatoms. The normalized spacial score (nSPS) is 22.9. The lowest BCUT2D eigenvalue weighted by Crippen LogP contribution is -2.31. The summed E-state index contributed by atoms with van der Waals surface area (Å²) in [6.07, 6.45) is 14.6. The van der Waals surface area contributed by atoms with Gasteiger partial charge in [-0.2, -0.15) is 5.10 Å². The smallest absolute Gasteiger partial charge is 0.116 e. The number of hydrogen-bond donors (Lipinski definition) is 1. The zero-order chi connectivity index (χ0) is 17.6. The lowest BCUT2D eigenvalue weighted by molar-refractivity contribution is -0.0557. The first-order valence-corrected chi connectivity index (χ1v) is 10.5. The van der Waals surface area contributed by atoms with E-state index in [2.05, 4.69) is 41.4 Å². The summed E-state index contributed by atoms with van der Waals surface area (Å²) in [5.74, 6) is 0. The van der Waals surface area contributed by atoms with E-state index in [1.807, 2.05) is 0 Å². The first-order chi connectivity index (χ1) is 12.8. The second-order valence-corrected chi connectivity index (χ2v) is 8.30. The summed E-state index contributed by atoms with van der Waals surface area (Å²) in [6.45, 7) is 2.21. The lowest BCUT2D eigenvalue weighted by atomic mass is 9.84. The SMILES string of the molecule is CCc1nn(C2CCCC2)c2ccc(C3=CC4(CCCCC4)ON3)cc12. The maximum absolute atomic E-state index is 6.04. The molecule has 26 heavy (non-hydrogen) atoms. The Labute approximate surface area is 155 Å². The van der Waals surface area contributed by atoms with Crippen LogP contribution in [-0.4, -0.2) is 15.4 Å². The summed E-state index contributed by atoms with van der Waals surface area (Å²) in [5.41, 5.74) is 8.02. The summed E-state index contributed by atoms with van der Waals surface area (Å²) in [5, 5.41) is 6.30. The van der Waals surface area contributed by atoms with Crippen molar-refractivity contribution >= 4 is 16.6 Å². The monoisotopic (exact) mass is 351 g/mol. The Morgan fingerprint density at radius 2 is 1.96 bits per heavy atom. The molecule has 138 valence electrons. The molecule has 2 aliphatic carbocycles. The molecule has 0 radical (unpaired) electrons. The van der Waals surface area contributed by atoms with E-state index in [0.29, 0.717) is 6.04 Å². The lowest BCUT2D eigenvalue weighted by Gasteiger charge is -2.29. The van der Waals surface area contributed by atoms with E-state index in [0.717, 1.165) is 25.0 Å². The van der Waals surface area contributed by atoms with E-state index in [4.69, 9.17) is 9.94 Å². The third-order valence-corrected chi connectivity index (χ3v) is 6.57. The van der Waals surface area contributed by atoms with Crippen molar-refractivity contribution in [2.45, 2.75) is 82.8 Å². The minimum Gasteiger partial charge on any atom is -0.266 e. The van der Waals surface area contributed by atoms with Gasteiger partial charge in [0.15, 0.2) is 0 Å². The molecule has 1 aromatic carbocycles. The number of fused-ring (bicyclic) bond motifs is 1. The quantitative estimate of drug-likeness (QED) is 0.816. The average Bonchev–Trinajstić information content (AvgIpc) is 3.40. The third-order valence-electron chi connectivity index (χ3n) is 6.57. The van der Waals surface area contributed by atoms with Crippen molar-refractivity contribution in [1.82, 2.24) is 15.3 Å². The van der Waals surface area contributed by atoms with Gasteiger partial charge in [-0.25, -0.2) is 0 Å². The molecule has 0 amide bonds. The van der Waals surface area contributed by atoms with Crippen molar-refractivity contribution in [2.24, 2.45) is 0 Å². The first kappa shape index (κ1) is 16.4. The number of aromatic nitrogens is 2. The molecule has 3 aliphatic rings. The third kappa shape index (κ3) is 2.66. The van der Waals surface area contributed by atoms with Gasteiger partial charge in [0.2, 0.25) is 0 Å². The molecule has 0 unspecified atom stereocenters. The topological polar surface area (TPSA) is 39.1 Å². The average molecular weight is 351 g/mol. The Hall–Kier alpha value is -1.81. The largest absolute Gasteiger partial charge is 0.266 e. The van der Waals surface area contributed by atoms with Crippen LogP contribution in [0, 0.1) is 0 Å².